The van der Waals surface area contributed by atoms with Gasteiger partial charge in [0.05, 0.1) is 12.1 Å². The lowest BCUT2D eigenvalue weighted by Gasteiger charge is -2.11. The molecule has 96 valence electrons. The van der Waals surface area contributed by atoms with Crippen molar-refractivity contribution in [3.8, 4) is 11.5 Å². The van der Waals surface area contributed by atoms with Crippen molar-refractivity contribution in [3.05, 3.63) is 41.4 Å². The number of carboxylic acid groups (broad SMARTS) is 1. The first-order valence-corrected chi connectivity index (χ1v) is 5.48. The fourth-order valence-electron chi connectivity index (χ4n) is 1.26. The van der Waals surface area contributed by atoms with Crippen LogP contribution in [0.3, 0.4) is 0 Å². The monoisotopic (exact) mass is 268 g/mol. The van der Waals surface area contributed by atoms with Gasteiger partial charge in [0.25, 0.3) is 0 Å². The summed E-state index contributed by atoms with van der Waals surface area (Å²) in [6.45, 7) is 3.88. The molecule has 0 atom stereocenters. The molecule has 0 unspecified atom stereocenters. The van der Waals surface area contributed by atoms with E-state index in [1.807, 2.05) is 0 Å². The van der Waals surface area contributed by atoms with Crippen molar-refractivity contribution in [1.82, 2.24) is 0 Å². The SMILES string of the molecule is C=CCOc1cc(Cl)c(C=CC(=O)O)cc1OC. The zero-order valence-corrected chi connectivity index (χ0v) is 10.6. The van der Waals surface area contributed by atoms with Gasteiger partial charge < -0.3 is 14.6 Å². The maximum Gasteiger partial charge on any atom is 0.328 e. The summed E-state index contributed by atoms with van der Waals surface area (Å²) in [4.78, 5) is 10.4. The number of halogens is 1. The second-order valence-corrected chi connectivity index (χ2v) is 3.70. The van der Waals surface area contributed by atoms with E-state index in [9.17, 15) is 4.79 Å². The number of aliphatic carboxylic acids is 1. The molecule has 0 aliphatic carbocycles. The predicted molar refractivity (Wildman–Crippen MR) is 70.4 cm³/mol. The van der Waals surface area contributed by atoms with Crippen molar-refractivity contribution >= 4 is 23.6 Å². The minimum atomic E-state index is -1.04. The van der Waals surface area contributed by atoms with Crippen LogP contribution in [0.25, 0.3) is 6.08 Å². The van der Waals surface area contributed by atoms with E-state index < -0.39 is 5.97 Å². The standard InChI is InChI=1S/C13H13ClO4/c1-3-6-18-12-8-10(14)9(4-5-13(15)16)7-11(12)17-2/h3-5,7-8H,1,6H2,2H3,(H,15,16). The van der Waals surface area contributed by atoms with Crippen LogP contribution in [0.1, 0.15) is 5.56 Å². The van der Waals surface area contributed by atoms with Crippen LogP contribution in [0.15, 0.2) is 30.9 Å². The molecule has 0 aromatic heterocycles. The first-order chi connectivity index (χ1) is 8.58. The van der Waals surface area contributed by atoms with Crippen LogP contribution in [0, 0.1) is 0 Å². The van der Waals surface area contributed by atoms with Crippen LogP contribution in [-0.4, -0.2) is 24.8 Å². The summed E-state index contributed by atoms with van der Waals surface area (Å²) in [5.41, 5.74) is 0.543. The van der Waals surface area contributed by atoms with E-state index in [0.29, 0.717) is 28.7 Å². The van der Waals surface area contributed by atoms with Crippen molar-refractivity contribution < 1.29 is 19.4 Å². The number of rotatable bonds is 6. The van der Waals surface area contributed by atoms with E-state index in [-0.39, 0.29) is 0 Å². The fraction of sp³-hybridized carbons (Fsp3) is 0.154. The Morgan fingerprint density at radius 2 is 2.22 bits per heavy atom. The van der Waals surface area contributed by atoms with E-state index in [0.717, 1.165) is 6.08 Å². The molecule has 0 aliphatic heterocycles. The molecule has 0 fully saturated rings. The van der Waals surface area contributed by atoms with Gasteiger partial charge in [-0.25, -0.2) is 4.79 Å². The number of methoxy groups -OCH3 is 1. The molecule has 0 spiro atoms. The molecule has 5 heteroatoms. The van der Waals surface area contributed by atoms with E-state index in [2.05, 4.69) is 6.58 Å². The zero-order valence-electron chi connectivity index (χ0n) is 9.85. The molecule has 0 saturated carbocycles. The predicted octanol–water partition coefficient (Wildman–Crippen LogP) is 3.01. The van der Waals surface area contributed by atoms with Crippen LogP contribution >= 0.6 is 11.6 Å². The summed E-state index contributed by atoms with van der Waals surface area (Å²) < 4.78 is 10.5. The molecule has 0 bridgehead atoms. The molecule has 0 aliphatic rings. The van der Waals surface area contributed by atoms with Crippen molar-refractivity contribution in [2.75, 3.05) is 13.7 Å². The molecule has 0 amide bonds. The number of ether oxygens (including phenoxy) is 2. The lowest BCUT2D eigenvalue weighted by molar-refractivity contribution is -0.131. The summed E-state index contributed by atoms with van der Waals surface area (Å²) in [6, 6.07) is 3.19. The molecule has 1 aromatic rings. The quantitative estimate of drug-likeness (QED) is 0.636. The highest BCUT2D eigenvalue weighted by molar-refractivity contribution is 6.32. The van der Waals surface area contributed by atoms with E-state index in [4.69, 9.17) is 26.2 Å². The average molecular weight is 269 g/mol. The van der Waals surface area contributed by atoms with Gasteiger partial charge in [-0.3, -0.25) is 0 Å². The smallest absolute Gasteiger partial charge is 0.328 e. The van der Waals surface area contributed by atoms with Crippen molar-refractivity contribution in [2.24, 2.45) is 0 Å². The number of hydrogen-bond donors (Lipinski definition) is 1. The Morgan fingerprint density at radius 1 is 1.50 bits per heavy atom. The molecule has 18 heavy (non-hydrogen) atoms. The van der Waals surface area contributed by atoms with Gasteiger partial charge in [0.2, 0.25) is 0 Å². The summed E-state index contributed by atoms with van der Waals surface area (Å²) in [6.07, 6.45) is 4.00. The molecule has 0 heterocycles. The second-order valence-electron chi connectivity index (χ2n) is 3.30. The van der Waals surface area contributed by atoms with E-state index >= 15 is 0 Å². The molecule has 4 nitrogen and oxygen atoms in total. The Labute approximate surface area is 110 Å². The van der Waals surface area contributed by atoms with Crippen molar-refractivity contribution in [3.63, 3.8) is 0 Å². The first-order valence-electron chi connectivity index (χ1n) is 5.10. The van der Waals surface area contributed by atoms with Gasteiger partial charge in [0, 0.05) is 12.1 Å². The minimum absolute atomic E-state index is 0.330. The highest BCUT2D eigenvalue weighted by atomic mass is 35.5. The maximum absolute atomic E-state index is 10.4. The summed E-state index contributed by atoms with van der Waals surface area (Å²) in [5, 5.41) is 8.95. The third-order valence-corrected chi connectivity index (χ3v) is 2.37. The molecule has 0 radical (unpaired) electrons. The van der Waals surface area contributed by atoms with Gasteiger partial charge in [-0.05, 0) is 17.7 Å². The topological polar surface area (TPSA) is 55.8 Å². The molecular weight excluding hydrogens is 256 g/mol. The van der Waals surface area contributed by atoms with Gasteiger partial charge in [-0.1, -0.05) is 24.3 Å². The minimum Gasteiger partial charge on any atom is -0.493 e. The molecular formula is C13H13ClO4. The van der Waals surface area contributed by atoms with Crippen LogP contribution < -0.4 is 9.47 Å². The van der Waals surface area contributed by atoms with Gasteiger partial charge in [0.1, 0.15) is 6.61 Å². The van der Waals surface area contributed by atoms with E-state index in [1.165, 1.54) is 13.2 Å². The first kappa shape index (κ1) is 14.1. The van der Waals surface area contributed by atoms with Crippen molar-refractivity contribution in [1.29, 1.82) is 0 Å². The van der Waals surface area contributed by atoms with Crippen LogP contribution in [-0.2, 0) is 4.79 Å². The third-order valence-electron chi connectivity index (χ3n) is 2.05. The Morgan fingerprint density at radius 3 is 2.78 bits per heavy atom. The number of carbonyl (C=O) groups is 1. The molecule has 1 aromatic carbocycles. The lowest BCUT2D eigenvalue weighted by atomic mass is 10.2. The molecule has 1 rings (SSSR count). The van der Waals surface area contributed by atoms with Crippen LogP contribution in [0.2, 0.25) is 5.02 Å². The highest BCUT2D eigenvalue weighted by Crippen LogP contribution is 2.33. The van der Waals surface area contributed by atoms with E-state index in [1.54, 1.807) is 18.2 Å². The lowest BCUT2D eigenvalue weighted by Crippen LogP contribution is -1.97. The Hall–Kier alpha value is -1.94. The Kier molecular flexibility index (Phi) is 5.27. The maximum atomic E-state index is 10.4. The Balaban J connectivity index is 3.09. The Bertz CT molecular complexity index is 480. The number of hydrogen-bond acceptors (Lipinski definition) is 3. The average Bonchev–Trinajstić information content (AvgIpc) is 2.34. The number of benzene rings is 1. The normalized spacial score (nSPS) is 10.3. The molecule has 0 saturated heterocycles. The summed E-state index contributed by atoms with van der Waals surface area (Å²) in [7, 11) is 1.49. The summed E-state index contributed by atoms with van der Waals surface area (Å²) >= 11 is 6.02. The van der Waals surface area contributed by atoms with Crippen LogP contribution in [0.4, 0.5) is 0 Å². The van der Waals surface area contributed by atoms with Gasteiger partial charge >= 0.3 is 5.97 Å². The second kappa shape index (κ2) is 6.71. The third kappa shape index (κ3) is 3.82. The highest BCUT2D eigenvalue weighted by Gasteiger charge is 2.09. The van der Waals surface area contributed by atoms with Gasteiger partial charge in [-0.2, -0.15) is 0 Å². The van der Waals surface area contributed by atoms with Gasteiger partial charge in [0.15, 0.2) is 11.5 Å². The fourth-order valence-corrected chi connectivity index (χ4v) is 1.48. The van der Waals surface area contributed by atoms with Crippen molar-refractivity contribution in [2.45, 2.75) is 0 Å². The number of carboxylic acids is 1. The zero-order chi connectivity index (χ0) is 13.5. The van der Waals surface area contributed by atoms with Gasteiger partial charge in [-0.15, -0.1) is 0 Å². The summed E-state index contributed by atoms with van der Waals surface area (Å²) in [5.74, 6) is -0.0850. The largest absolute Gasteiger partial charge is 0.493 e. The van der Waals surface area contributed by atoms with Crippen LogP contribution in [0.5, 0.6) is 11.5 Å². The molecule has 1 N–H and O–H groups in total.